The lowest BCUT2D eigenvalue weighted by Crippen LogP contribution is -2.15. The van der Waals surface area contributed by atoms with E-state index in [2.05, 4.69) is 5.32 Å². The molecule has 0 atom stereocenters. The van der Waals surface area contributed by atoms with Crippen molar-refractivity contribution in [1.29, 1.82) is 0 Å². The Hall–Kier alpha value is -2.29. The molecule has 0 radical (unpaired) electrons. The molecule has 2 N–H and O–H groups in total. The number of anilines is 1. The molecule has 0 saturated carbocycles. The number of carbonyl (C=O) groups is 1. The number of amides is 1. The molecule has 3 nitrogen and oxygen atoms in total. The first kappa shape index (κ1) is 14.1. The van der Waals surface area contributed by atoms with Gasteiger partial charge in [0.1, 0.15) is 5.75 Å². The lowest BCUT2D eigenvalue weighted by molar-refractivity contribution is -0.115. The highest BCUT2D eigenvalue weighted by molar-refractivity contribution is 5.93. The molecule has 20 heavy (non-hydrogen) atoms. The third kappa shape index (κ3) is 3.38. The normalized spacial score (nSPS) is 10.3. The van der Waals surface area contributed by atoms with Gasteiger partial charge in [-0.2, -0.15) is 0 Å². The zero-order valence-corrected chi connectivity index (χ0v) is 12.0. The summed E-state index contributed by atoms with van der Waals surface area (Å²) in [4.78, 5) is 12.1. The van der Waals surface area contributed by atoms with Gasteiger partial charge < -0.3 is 10.4 Å². The lowest BCUT2D eigenvalue weighted by atomic mass is 10.1. The van der Waals surface area contributed by atoms with Crippen molar-refractivity contribution in [2.75, 3.05) is 5.32 Å². The van der Waals surface area contributed by atoms with E-state index in [9.17, 15) is 9.90 Å². The van der Waals surface area contributed by atoms with Crippen LogP contribution in [0.5, 0.6) is 5.75 Å². The maximum absolute atomic E-state index is 12.1. The Morgan fingerprint density at radius 3 is 2.55 bits per heavy atom. The summed E-state index contributed by atoms with van der Waals surface area (Å²) in [6, 6.07) is 11.4. The highest BCUT2D eigenvalue weighted by Gasteiger charge is 2.08. The van der Waals surface area contributed by atoms with E-state index in [0.717, 1.165) is 27.9 Å². The van der Waals surface area contributed by atoms with E-state index in [1.807, 2.05) is 45.0 Å². The molecule has 2 aromatic carbocycles. The van der Waals surface area contributed by atoms with Gasteiger partial charge in [-0.1, -0.05) is 29.8 Å². The molecule has 0 fully saturated rings. The van der Waals surface area contributed by atoms with Crippen molar-refractivity contribution in [2.45, 2.75) is 27.2 Å². The van der Waals surface area contributed by atoms with E-state index in [-0.39, 0.29) is 11.7 Å². The van der Waals surface area contributed by atoms with Crippen LogP contribution in [-0.2, 0) is 11.2 Å². The Morgan fingerprint density at radius 1 is 1.10 bits per heavy atom. The molecule has 0 spiro atoms. The fourth-order valence-electron chi connectivity index (χ4n) is 2.14. The summed E-state index contributed by atoms with van der Waals surface area (Å²) in [5, 5.41) is 12.5. The van der Waals surface area contributed by atoms with E-state index in [0.29, 0.717) is 6.42 Å². The second-order valence-corrected chi connectivity index (χ2v) is 5.17. The summed E-state index contributed by atoms with van der Waals surface area (Å²) < 4.78 is 0. The number of phenolic OH excluding ortho intramolecular Hbond substituents is 1. The molecule has 0 aliphatic rings. The minimum Gasteiger partial charge on any atom is -0.508 e. The van der Waals surface area contributed by atoms with Gasteiger partial charge in [-0.25, -0.2) is 0 Å². The molecule has 0 aliphatic carbocycles. The average Bonchev–Trinajstić information content (AvgIpc) is 2.36. The first-order valence-corrected chi connectivity index (χ1v) is 6.61. The van der Waals surface area contributed by atoms with Crippen LogP contribution in [0.1, 0.15) is 22.3 Å². The van der Waals surface area contributed by atoms with Crippen molar-refractivity contribution < 1.29 is 9.90 Å². The molecule has 2 rings (SSSR count). The van der Waals surface area contributed by atoms with Gasteiger partial charge in [0.2, 0.25) is 5.91 Å². The smallest absolute Gasteiger partial charge is 0.228 e. The number of aryl methyl sites for hydroxylation is 3. The molecule has 3 heteroatoms. The summed E-state index contributed by atoms with van der Waals surface area (Å²) >= 11 is 0. The Bertz CT molecular complexity index is 647. The summed E-state index contributed by atoms with van der Waals surface area (Å²) in [5.41, 5.74) is 4.49. The molecule has 0 saturated heterocycles. The third-order valence-corrected chi connectivity index (χ3v) is 3.26. The van der Waals surface area contributed by atoms with Crippen molar-refractivity contribution in [3.63, 3.8) is 0 Å². The van der Waals surface area contributed by atoms with E-state index >= 15 is 0 Å². The van der Waals surface area contributed by atoms with Crippen LogP contribution in [0.25, 0.3) is 0 Å². The fourth-order valence-corrected chi connectivity index (χ4v) is 2.14. The fraction of sp³-hybridized carbons (Fsp3) is 0.235. The largest absolute Gasteiger partial charge is 0.508 e. The van der Waals surface area contributed by atoms with Crippen molar-refractivity contribution in [3.05, 3.63) is 58.7 Å². The maximum Gasteiger partial charge on any atom is 0.228 e. The highest BCUT2D eigenvalue weighted by Crippen LogP contribution is 2.25. The molecule has 0 heterocycles. The Kier molecular flexibility index (Phi) is 4.08. The van der Waals surface area contributed by atoms with Crippen molar-refractivity contribution in [1.82, 2.24) is 0 Å². The van der Waals surface area contributed by atoms with Gasteiger partial charge >= 0.3 is 0 Å². The van der Waals surface area contributed by atoms with E-state index < -0.39 is 0 Å². The van der Waals surface area contributed by atoms with Crippen LogP contribution in [-0.4, -0.2) is 11.0 Å². The molecular formula is C17H19NO2. The number of hydrogen-bond donors (Lipinski definition) is 2. The van der Waals surface area contributed by atoms with Gasteiger partial charge in [0.05, 0.1) is 6.42 Å². The molecular weight excluding hydrogens is 250 g/mol. The Balaban J connectivity index is 2.10. The monoisotopic (exact) mass is 269 g/mol. The predicted molar refractivity (Wildman–Crippen MR) is 81.1 cm³/mol. The van der Waals surface area contributed by atoms with Gasteiger partial charge in [0.25, 0.3) is 0 Å². The molecule has 104 valence electrons. The van der Waals surface area contributed by atoms with Crippen molar-refractivity contribution in [2.24, 2.45) is 0 Å². The summed E-state index contributed by atoms with van der Waals surface area (Å²) in [6.45, 7) is 5.68. The first-order chi connectivity index (χ1) is 9.45. The Morgan fingerprint density at radius 2 is 1.85 bits per heavy atom. The zero-order valence-electron chi connectivity index (χ0n) is 12.0. The number of nitrogens with one attached hydrogen (secondary N) is 1. The van der Waals surface area contributed by atoms with Crippen LogP contribution in [0.15, 0.2) is 36.4 Å². The molecule has 0 unspecified atom stereocenters. The van der Waals surface area contributed by atoms with Crippen molar-refractivity contribution >= 4 is 11.6 Å². The number of phenols is 1. The number of rotatable bonds is 3. The van der Waals surface area contributed by atoms with E-state index in [1.54, 1.807) is 12.1 Å². The molecule has 2 aromatic rings. The average molecular weight is 269 g/mol. The molecule has 1 amide bonds. The van der Waals surface area contributed by atoms with Crippen LogP contribution in [0.3, 0.4) is 0 Å². The zero-order chi connectivity index (χ0) is 14.7. The number of carbonyl (C=O) groups excluding carboxylic acids is 1. The van der Waals surface area contributed by atoms with E-state index in [1.165, 1.54) is 0 Å². The minimum atomic E-state index is -0.0520. The summed E-state index contributed by atoms with van der Waals surface area (Å²) in [5.74, 6) is 0.197. The standard InChI is InChI=1S/C17H19NO2/c1-11-5-4-6-14(7-11)10-17(20)18-15-8-13(3)16(19)9-12(15)2/h4-9,19H,10H2,1-3H3,(H,18,20). The summed E-state index contributed by atoms with van der Waals surface area (Å²) in [7, 11) is 0. The van der Waals surface area contributed by atoms with Crippen LogP contribution < -0.4 is 5.32 Å². The van der Waals surface area contributed by atoms with Crippen LogP contribution >= 0.6 is 0 Å². The predicted octanol–water partition coefficient (Wildman–Crippen LogP) is 3.50. The highest BCUT2D eigenvalue weighted by atomic mass is 16.3. The van der Waals surface area contributed by atoms with Gasteiger partial charge in [0.15, 0.2) is 0 Å². The Labute approximate surface area is 119 Å². The molecule has 0 aliphatic heterocycles. The van der Waals surface area contributed by atoms with Crippen LogP contribution in [0, 0.1) is 20.8 Å². The van der Waals surface area contributed by atoms with Gasteiger partial charge in [0, 0.05) is 5.69 Å². The summed E-state index contributed by atoms with van der Waals surface area (Å²) in [6.07, 6.45) is 0.348. The first-order valence-electron chi connectivity index (χ1n) is 6.61. The third-order valence-electron chi connectivity index (χ3n) is 3.26. The number of hydrogen-bond acceptors (Lipinski definition) is 2. The van der Waals surface area contributed by atoms with Crippen molar-refractivity contribution in [3.8, 4) is 5.75 Å². The van der Waals surface area contributed by atoms with Crippen LogP contribution in [0.2, 0.25) is 0 Å². The SMILES string of the molecule is Cc1cccc(CC(=O)Nc2cc(C)c(O)cc2C)c1. The number of aromatic hydroxyl groups is 1. The molecule has 0 aromatic heterocycles. The van der Waals surface area contributed by atoms with Gasteiger partial charge in [-0.3, -0.25) is 4.79 Å². The van der Waals surface area contributed by atoms with Crippen LogP contribution in [0.4, 0.5) is 5.69 Å². The second-order valence-electron chi connectivity index (χ2n) is 5.17. The van der Waals surface area contributed by atoms with E-state index in [4.69, 9.17) is 0 Å². The topological polar surface area (TPSA) is 49.3 Å². The minimum absolute atomic E-state index is 0.0520. The number of benzene rings is 2. The second kappa shape index (κ2) is 5.78. The van der Waals surface area contributed by atoms with Gasteiger partial charge in [-0.15, -0.1) is 0 Å². The molecule has 0 bridgehead atoms. The quantitative estimate of drug-likeness (QED) is 0.838. The van der Waals surface area contributed by atoms with Gasteiger partial charge in [-0.05, 0) is 49.6 Å². The maximum atomic E-state index is 12.1. The lowest BCUT2D eigenvalue weighted by Gasteiger charge is -2.11.